The molecule has 0 spiro atoms. The largest absolute Gasteiger partial charge is 0.443 e. The molecule has 1 aliphatic heterocycles. The number of fused-ring (bicyclic) bond motifs is 1. The van der Waals surface area contributed by atoms with Crippen LogP contribution in [0, 0.1) is 0 Å². The predicted molar refractivity (Wildman–Crippen MR) is 110 cm³/mol. The van der Waals surface area contributed by atoms with Crippen molar-refractivity contribution in [2.75, 3.05) is 25.5 Å². The summed E-state index contributed by atoms with van der Waals surface area (Å²) in [7, 11) is 3.54. The minimum Gasteiger partial charge on any atom is -0.443 e. The molecule has 0 atom stereocenters. The van der Waals surface area contributed by atoms with Crippen molar-refractivity contribution in [3.05, 3.63) is 52.9 Å². The molecule has 1 aromatic rings. The molecule has 0 bridgehead atoms. The number of aliphatic imine (C=N–C) groups is 1. The Bertz CT molecular complexity index is 815. The quantitative estimate of drug-likeness (QED) is 0.736. The van der Waals surface area contributed by atoms with Gasteiger partial charge < -0.3 is 9.64 Å². The summed E-state index contributed by atoms with van der Waals surface area (Å²) in [4.78, 5) is 20.8. The summed E-state index contributed by atoms with van der Waals surface area (Å²) >= 11 is 0. The first kappa shape index (κ1) is 19.2. The van der Waals surface area contributed by atoms with Gasteiger partial charge in [-0.15, -0.1) is 0 Å². The van der Waals surface area contributed by atoms with Crippen molar-refractivity contribution in [1.29, 1.82) is 0 Å². The second-order valence-corrected chi connectivity index (χ2v) is 8.03. The first-order valence-electron chi connectivity index (χ1n) is 9.48. The predicted octanol–water partition coefficient (Wildman–Crippen LogP) is 4.55. The number of anilines is 1. The van der Waals surface area contributed by atoms with Gasteiger partial charge in [0.25, 0.3) is 0 Å². The zero-order valence-electron chi connectivity index (χ0n) is 17.0. The molecule has 0 fully saturated rings. The lowest BCUT2D eigenvalue weighted by Crippen LogP contribution is -2.34. The van der Waals surface area contributed by atoms with Crippen molar-refractivity contribution in [3.8, 4) is 0 Å². The van der Waals surface area contributed by atoms with Gasteiger partial charge in [-0.3, -0.25) is 9.89 Å². The van der Waals surface area contributed by atoms with Crippen molar-refractivity contribution >= 4 is 18.0 Å². The van der Waals surface area contributed by atoms with Crippen LogP contribution in [0.25, 0.3) is 0 Å². The summed E-state index contributed by atoms with van der Waals surface area (Å²) in [6, 6.07) is 8.50. The van der Waals surface area contributed by atoms with Crippen LogP contribution < -0.4 is 4.90 Å². The highest BCUT2D eigenvalue weighted by atomic mass is 16.6. The summed E-state index contributed by atoms with van der Waals surface area (Å²) < 4.78 is 5.58. The molecular formula is C22H29N3O2. The molecule has 5 nitrogen and oxygen atoms in total. The monoisotopic (exact) mass is 367 g/mol. The van der Waals surface area contributed by atoms with E-state index in [9.17, 15) is 4.79 Å². The summed E-state index contributed by atoms with van der Waals surface area (Å²) in [5.74, 6) is 0. The summed E-state index contributed by atoms with van der Waals surface area (Å²) in [6.07, 6.45) is 6.52. The van der Waals surface area contributed by atoms with Gasteiger partial charge in [0, 0.05) is 38.7 Å². The van der Waals surface area contributed by atoms with Crippen molar-refractivity contribution in [1.82, 2.24) is 4.90 Å². The van der Waals surface area contributed by atoms with Crippen LogP contribution in [0.1, 0.15) is 39.2 Å². The van der Waals surface area contributed by atoms with E-state index in [0.29, 0.717) is 0 Å². The Balaban J connectivity index is 1.92. The van der Waals surface area contributed by atoms with Crippen LogP contribution in [-0.4, -0.2) is 43.4 Å². The fraction of sp³-hybridized carbons (Fsp3) is 0.455. The Hall–Kier alpha value is -2.56. The molecular weight excluding hydrogens is 338 g/mol. The number of amides is 1. The first-order valence-corrected chi connectivity index (χ1v) is 9.48. The van der Waals surface area contributed by atoms with E-state index in [1.165, 1.54) is 11.3 Å². The fourth-order valence-corrected chi connectivity index (χ4v) is 3.66. The number of likely N-dealkylation sites (N-methyl/N-ethyl adjacent to an activating group) is 1. The lowest BCUT2D eigenvalue weighted by molar-refractivity contribution is 0.0357. The molecule has 1 aromatic carbocycles. The maximum atomic E-state index is 12.7. The van der Waals surface area contributed by atoms with Gasteiger partial charge in [-0.1, -0.05) is 18.2 Å². The highest BCUT2D eigenvalue weighted by Crippen LogP contribution is 2.36. The Morgan fingerprint density at radius 2 is 1.96 bits per heavy atom. The Kier molecular flexibility index (Phi) is 5.40. The zero-order chi connectivity index (χ0) is 19.6. The standard InChI is InChI=1S/C22H29N3O2/c1-22(2,3)27-21(26)24(5)20-17(14-23-4)10-11-18(20)15-25-13-12-16-8-6-7-9-19(16)25/h6-9,14-15H,10-13H2,1-5H3/b18-15+,23-14?. The maximum Gasteiger partial charge on any atom is 0.414 e. The number of ether oxygens (including phenoxy) is 1. The van der Waals surface area contributed by atoms with E-state index < -0.39 is 5.60 Å². The molecule has 0 saturated heterocycles. The number of hydrogen-bond donors (Lipinski definition) is 0. The Morgan fingerprint density at radius 3 is 2.67 bits per heavy atom. The highest BCUT2D eigenvalue weighted by molar-refractivity contribution is 5.85. The van der Waals surface area contributed by atoms with E-state index in [0.717, 1.165) is 42.7 Å². The first-order chi connectivity index (χ1) is 12.8. The molecule has 144 valence electrons. The number of hydrogen-bond acceptors (Lipinski definition) is 4. The second-order valence-electron chi connectivity index (χ2n) is 8.03. The van der Waals surface area contributed by atoms with Gasteiger partial charge in [0.15, 0.2) is 0 Å². The van der Waals surface area contributed by atoms with Crippen LogP contribution in [0.2, 0.25) is 0 Å². The van der Waals surface area contributed by atoms with Gasteiger partial charge in [-0.2, -0.15) is 0 Å². The van der Waals surface area contributed by atoms with Crippen LogP contribution in [0.4, 0.5) is 10.5 Å². The van der Waals surface area contributed by atoms with E-state index in [-0.39, 0.29) is 6.09 Å². The second kappa shape index (κ2) is 7.59. The van der Waals surface area contributed by atoms with Crippen molar-refractivity contribution in [2.45, 2.75) is 45.6 Å². The number of carbonyl (C=O) groups excluding carboxylic acids is 1. The minimum atomic E-state index is -0.527. The van der Waals surface area contributed by atoms with Crippen molar-refractivity contribution in [2.24, 2.45) is 4.99 Å². The molecule has 0 unspecified atom stereocenters. The van der Waals surface area contributed by atoms with Gasteiger partial charge in [0.05, 0.1) is 5.70 Å². The van der Waals surface area contributed by atoms with Crippen LogP contribution >= 0.6 is 0 Å². The molecule has 2 aliphatic rings. The molecule has 27 heavy (non-hydrogen) atoms. The highest BCUT2D eigenvalue weighted by Gasteiger charge is 2.30. The van der Waals surface area contributed by atoms with Gasteiger partial charge in [-0.05, 0) is 62.8 Å². The van der Waals surface area contributed by atoms with E-state index in [1.54, 1.807) is 19.0 Å². The molecule has 5 heteroatoms. The zero-order valence-corrected chi connectivity index (χ0v) is 17.0. The number of nitrogens with zero attached hydrogens (tertiary/aromatic N) is 3. The minimum absolute atomic E-state index is 0.339. The average Bonchev–Trinajstić information content (AvgIpc) is 3.18. The number of para-hydroxylation sites is 1. The number of rotatable bonds is 3. The van der Waals surface area contributed by atoms with Crippen LogP contribution in [0.3, 0.4) is 0 Å². The molecule has 0 radical (unpaired) electrons. The Labute approximate surface area is 162 Å². The molecule has 0 aromatic heterocycles. The number of carbonyl (C=O) groups is 1. The SMILES string of the molecule is CN=CC1=C(N(C)C(=O)OC(C)(C)C)/C(=C/N2CCc3ccccc32)CC1. The summed E-state index contributed by atoms with van der Waals surface area (Å²) in [5, 5.41) is 0. The van der Waals surface area contributed by atoms with Gasteiger partial charge in [0.2, 0.25) is 0 Å². The van der Waals surface area contributed by atoms with E-state index in [2.05, 4.69) is 40.4 Å². The lowest BCUT2D eigenvalue weighted by Gasteiger charge is -2.27. The molecule has 3 rings (SSSR count). The van der Waals surface area contributed by atoms with E-state index in [1.807, 2.05) is 27.0 Å². The third-order valence-corrected chi connectivity index (χ3v) is 4.79. The lowest BCUT2D eigenvalue weighted by atomic mass is 10.1. The van der Waals surface area contributed by atoms with Crippen LogP contribution in [0.5, 0.6) is 0 Å². The third-order valence-electron chi connectivity index (χ3n) is 4.79. The Morgan fingerprint density at radius 1 is 1.22 bits per heavy atom. The number of allylic oxidation sites excluding steroid dienone is 2. The molecule has 0 N–H and O–H groups in total. The van der Waals surface area contributed by atoms with Crippen LogP contribution in [-0.2, 0) is 11.2 Å². The van der Waals surface area contributed by atoms with Crippen molar-refractivity contribution in [3.63, 3.8) is 0 Å². The fourth-order valence-electron chi connectivity index (χ4n) is 3.66. The van der Waals surface area contributed by atoms with Crippen LogP contribution in [0.15, 0.2) is 52.3 Å². The smallest absolute Gasteiger partial charge is 0.414 e. The van der Waals surface area contributed by atoms with Gasteiger partial charge in [0.1, 0.15) is 5.60 Å². The average molecular weight is 367 g/mol. The molecule has 1 aliphatic carbocycles. The van der Waals surface area contributed by atoms with Gasteiger partial charge >= 0.3 is 6.09 Å². The number of benzene rings is 1. The van der Waals surface area contributed by atoms with Crippen molar-refractivity contribution < 1.29 is 9.53 Å². The maximum absolute atomic E-state index is 12.7. The molecule has 1 heterocycles. The van der Waals surface area contributed by atoms with E-state index >= 15 is 0 Å². The normalized spacial score (nSPS) is 18.6. The van der Waals surface area contributed by atoms with Gasteiger partial charge in [-0.25, -0.2) is 4.79 Å². The molecule has 0 saturated carbocycles. The topological polar surface area (TPSA) is 45.1 Å². The molecule has 1 amide bonds. The third kappa shape index (κ3) is 4.24. The van der Waals surface area contributed by atoms with E-state index in [4.69, 9.17) is 4.74 Å². The summed E-state index contributed by atoms with van der Waals surface area (Å²) in [6.45, 7) is 6.61. The summed E-state index contributed by atoms with van der Waals surface area (Å²) in [5.41, 5.74) is 5.23.